The van der Waals surface area contributed by atoms with E-state index < -0.39 is 36.0 Å². The van der Waals surface area contributed by atoms with Crippen molar-refractivity contribution in [2.75, 3.05) is 6.61 Å². The summed E-state index contributed by atoms with van der Waals surface area (Å²) in [6, 6.07) is -0.757. The topological polar surface area (TPSA) is 99.2 Å². The zero-order valence-electron chi connectivity index (χ0n) is 21.8. The molecule has 0 bridgehead atoms. The fourth-order valence-corrected chi connectivity index (χ4v) is 4.67. The maximum absolute atomic E-state index is 12.2. The summed E-state index contributed by atoms with van der Waals surface area (Å²) in [6.07, 6.45) is 18.5. The summed E-state index contributed by atoms with van der Waals surface area (Å²) in [7, 11) is 0. The van der Waals surface area contributed by atoms with Crippen LogP contribution < -0.4 is 5.32 Å². The van der Waals surface area contributed by atoms with Crippen LogP contribution in [0.2, 0.25) is 0 Å². The molecule has 0 radical (unpaired) electrons. The Kier molecular flexibility index (Phi) is 11.3. The van der Waals surface area contributed by atoms with Crippen molar-refractivity contribution in [3.63, 3.8) is 0 Å². The highest BCUT2D eigenvalue weighted by atomic mass is 16.6. The van der Waals surface area contributed by atoms with Gasteiger partial charge in [-0.2, -0.15) is 0 Å². The molecule has 1 amide bonds. The van der Waals surface area contributed by atoms with Crippen LogP contribution in [0.3, 0.4) is 0 Å². The van der Waals surface area contributed by atoms with Crippen LogP contribution in [-0.4, -0.2) is 52.4 Å². The Morgan fingerprint density at radius 1 is 1.20 bits per heavy atom. The van der Waals surface area contributed by atoms with E-state index in [1.807, 2.05) is 12.2 Å². The molecule has 0 spiro atoms. The number of hydrogen-bond acceptors (Lipinski definition) is 5. The molecule has 0 saturated carbocycles. The van der Waals surface area contributed by atoms with Gasteiger partial charge in [0.05, 0.1) is 12.6 Å². The Morgan fingerprint density at radius 3 is 2.60 bits per heavy atom. The van der Waals surface area contributed by atoms with Gasteiger partial charge in [0.2, 0.25) is 5.91 Å². The van der Waals surface area contributed by atoms with Crippen molar-refractivity contribution >= 4 is 11.7 Å². The minimum Gasteiger partial charge on any atom is -0.394 e. The average Bonchev–Trinajstić information content (AvgIpc) is 3.59. The van der Waals surface area contributed by atoms with Crippen molar-refractivity contribution in [2.24, 2.45) is 17.8 Å². The second kappa shape index (κ2) is 13.7. The molecule has 7 unspecified atom stereocenters. The second-order valence-electron chi connectivity index (χ2n) is 10.3. The number of ketones is 1. The fourth-order valence-electron chi connectivity index (χ4n) is 4.67. The minimum absolute atomic E-state index is 0.102. The Hall–Kier alpha value is -2.28. The van der Waals surface area contributed by atoms with Crippen LogP contribution in [0.25, 0.3) is 0 Å². The van der Waals surface area contributed by atoms with Gasteiger partial charge < -0.3 is 20.3 Å². The Bertz CT molecular complexity index is 870. The van der Waals surface area contributed by atoms with E-state index in [-0.39, 0.29) is 12.5 Å². The number of rotatable bonds is 14. The number of hydrogen-bond donors (Lipinski definition) is 3. The number of amides is 1. The van der Waals surface area contributed by atoms with Crippen molar-refractivity contribution < 1.29 is 24.5 Å². The van der Waals surface area contributed by atoms with Gasteiger partial charge in [0.15, 0.2) is 11.4 Å². The van der Waals surface area contributed by atoms with Gasteiger partial charge in [-0.05, 0) is 49.7 Å². The molecule has 2 aliphatic rings. The molecule has 0 aromatic carbocycles. The van der Waals surface area contributed by atoms with Gasteiger partial charge in [-0.15, -0.1) is 0 Å². The zero-order valence-corrected chi connectivity index (χ0v) is 21.8. The third-order valence-electron chi connectivity index (χ3n) is 6.66. The predicted octanol–water partition coefficient (Wildman–Crippen LogP) is 4.20. The number of carbonyl (C=O) groups excluding carboxylic acids is 2. The molecule has 0 aromatic heterocycles. The van der Waals surface area contributed by atoms with Crippen LogP contribution in [-0.2, 0) is 14.3 Å². The van der Waals surface area contributed by atoms with Gasteiger partial charge in [-0.3, -0.25) is 9.59 Å². The minimum atomic E-state index is -1.72. The van der Waals surface area contributed by atoms with Crippen molar-refractivity contribution in [3.8, 4) is 0 Å². The lowest BCUT2D eigenvalue weighted by Crippen LogP contribution is -2.52. The fraction of sp³-hybridized carbons (Fsp3) is 0.586. The summed E-state index contributed by atoms with van der Waals surface area (Å²) in [5.41, 5.74) is -0.248. The average molecular weight is 486 g/mol. The first-order valence-corrected chi connectivity index (χ1v) is 12.8. The molecule has 194 valence electrons. The number of fused-ring (bicyclic) bond motifs is 1. The van der Waals surface area contributed by atoms with Gasteiger partial charge in [0.1, 0.15) is 12.2 Å². The monoisotopic (exact) mass is 485 g/mol. The summed E-state index contributed by atoms with van der Waals surface area (Å²) in [5.74, 6) is 0.852. The molecule has 2 rings (SSSR count). The molecule has 1 aliphatic carbocycles. The normalized spacial score (nSPS) is 27.9. The number of carbonyl (C=O) groups is 2. The van der Waals surface area contributed by atoms with E-state index in [1.165, 1.54) is 24.1 Å². The van der Waals surface area contributed by atoms with Crippen LogP contribution in [0.1, 0.15) is 60.3 Å². The lowest BCUT2D eigenvalue weighted by atomic mass is 9.82. The highest BCUT2D eigenvalue weighted by Gasteiger charge is 2.59. The van der Waals surface area contributed by atoms with E-state index >= 15 is 0 Å². The third-order valence-corrected chi connectivity index (χ3v) is 6.66. The number of aliphatic hydroxyl groups excluding tert-OH is 1. The zero-order chi connectivity index (χ0) is 26.0. The highest BCUT2D eigenvalue weighted by Crippen LogP contribution is 2.40. The van der Waals surface area contributed by atoms with E-state index in [2.05, 4.69) is 52.1 Å². The molecular formula is C29H43NO5. The van der Waals surface area contributed by atoms with E-state index in [9.17, 15) is 19.8 Å². The lowest BCUT2D eigenvalue weighted by molar-refractivity contribution is -0.137. The van der Waals surface area contributed by atoms with Gasteiger partial charge in [0.25, 0.3) is 0 Å². The van der Waals surface area contributed by atoms with Crippen molar-refractivity contribution in [1.82, 2.24) is 5.32 Å². The maximum Gasteiger partial charge on any atom is 0.244 e. The van der Waals surface area contributed by atoms with Gasteiger partial charge in [0, 0.05) is 12.5 Å². The molecule has 1 aliphatic heterocycles. The van der Waals surface area contributed by atoms with E-state index in [0.717, 1.165) is 12.8 Å². The molecule has 1 heterocycles. The molecular weight excluding hydrogens is 442 g/mol. The van der Waals surface area contributed by atoms with E-state index in [1.54, 1.807) is 18.2 Å². The lowest BCUT2D eigenvalue weighted by Gasteiger charge is -2.29. The molecule has 35 heavy (non-hydrogen) atoms. The number of aliphatic hydroxyl groups is 2. The number of epoxide rings is 1. The molecule has 1 saturated heterocycles. The Morgan fingerprint density at radius 2 is 1.91 bits per heavy atom. The number of allylic oxidation sites excluding steroid dienone is 7. The predicted molar refractivity (Wildman–Crippen MR) is 140 cm³/mol. The first-order valence-electron chi connectivity index (χ1n) is 12.8. The summed E-state index contributed by atoms with van der Waals surface area (Å²) in [4.78, 5) is 24.3. The largest absolute Gasteiger partial charge is 0.394 e. The van der Waals surface area contributed by atoms with Crippen LogP contribution in [0.15, 0.2) is 60.3 Å². The molecule has 0 aromatic rings. The molecule has 3 N–H and O–H groups in total. The van der Waals surface area contributed by atoms with Crippen LogP contribution >= 0.6 is 0 Å². The van der Waals surface area contributed by atoms with E-state index in [4.69, 9.17) is 4.74 Å². The molecule has 1 fully saturated rings. The summed E-state index contributed by atoms with van der Waals surface area (Å²) in [5, 5.41) is 22.9. The third kappa shape index (κ3) is 9.36. The molecule has 6 nitrogen and oxygen atoms in total. The summed E-state index contributed by atoms with van der Waals surface area (Å²) in [6.45, 7) is 10.8. The quantitative estimate of drug-likeness (QED) is 0.148. The van der Waals surface area contributed by atoms with Gasteiger partial charge in [-0.1, -0.05) is 76.1 Å². The highest BCUT2D eigenvalue weighted by molar-refractivity contribution is 5.99. The maximum atomic E-state index is 12.2. The van der Waals surface area contributed by atoms with Crippen LogP contribution in [0, 0.1) is 17.8 Å². The standard InChI is InChI=1S/C29H43NO5/c1-6-20(2)15-22(4)17-23(5)16-21(3)11-9-7-8-10-12-27(33)30-24(19-31)18-29(34)26(32)14-13-25-28(29)35-25/h7-15,20-21,23-25,28,31,34H,6,16-19H2,1-5H3,(H,30,33)/b8-7+,11-9+,12-10+,22-15+. The van der Waals surface area contributed by atoms with Crippen LogP contribution in [0.4, 0.5) is 0 Å². The van der Waals surface area contributed by atoms with Crippen LogP contribution in [0.5, 0.6) is 0 Å². The summed E-state index contributed by atoms with van der Waals surface area (Å²) >= 11 is 0. The Balaban J connectivity index is 1.73. The van der Waals surface area contributed by atoms with Crippen molar-refractivity contribution in [1.29, 1.82) is 0 Å². The summed E-state index contributed by atoms with van der Waals surface area (Å²) < 4.78 is 5.31. The first kappa shape index (κ1) is 29.0. The van der Waals surface area contributed by atoms with Crippen molar-refractivity contribution in [3.05, 3.63) is 60.3 Å². The molecule has 6 heteroatoms. The smallest absolute Gasteiger partial charge is 0.244 e. The molecule has 7 atom stereocenters. The van der Waals surface area contributed by atoms with Gasteiger partial charge in [-0.25, -0.2) is 0 Å². The number of nitrogens with one attached hydrogen (secondary N) is 1. The number of ether oxygens (including phenoxy) is 1. The SMILES string of the molecule is CCC(C)/C=C(\C)CC(C)CC(C)/C=C/C=C/C=C/C(=O)NC(CO)CC1(O)C(=O)C=CC2OC21. The van der Waals surface area contributed by atoms with Crippen molar-refractivity contribution in [2.45, 2.75) is 84.2 Å². The van der Waals surface area contributed by atoms with Gasteiger partial charge >= 0.3 is 0 Å². The Labute approximate surface area is 210 Å². The first-order chi connectivity index (χ1) is 16.6. The van der Waals surface area contributed by atoms with E-state index in [0.29, 0.717) is 17.8 Å². The second-order valence-corrected chi connectivity index (χ2v) is 10.3.